The molecule has 2 atom stereocenters. The number of hydrogen-bond acceptors (Lipinski definition) is 4. The minimum Gasteiger partial charge on any atom is -0.373 e. The van der Waals surface area contributed by atoms with Gasteiger partial charge >= 0.3 is 0 Å². The Hall–Kier alpha value is -0.870. The normalized spacial score (nSPS) is 22.3. The van der Waals surface area contributed by atoms with Crippen molar-refractivity contribution in [1.29, 1.82) is 0 Å². The van der Waals surface area contributed by atoms with Crippen molar-refractivity contribution < 1.29 is 4.74 Å². The van der Waals surface area contributed by atoms with E-state index in [4.69, 9.17) is 4.74 Å². The molecule has 0 amide bonds. The number of rotatable bonds is 6. The highest BCUT2D eigenvalue weighted by molar-refractivity contribution is 14.0. The molecule has 0 aromatic carbocycles. The standard InChI is InChI=1S/C16H30N6O.HI/c1-16(7-6-8-23-16)12-19-15(17-2)18-10-14(21(3)4)13-9-20-22(5)11-13;/h9,11,14H,6-8,10,12H2,1-5H3,(H2,17,18,19);1H. The van der Waals surface area contributed by atoms with Crippen molar-refractivity contribution in [2.75, 3.05) is 40.8 Å². The Bertz CT molecular complexity index is 524. The molecular weight excluding hydrogens is 419 g/mol. The Morgan fingerprint density at radius 1 is 1.50 bits per heavy atom. The summed E-state index contributed by atoms with van der Waals surface area (Å²) in [6.07, 6.45) is 6.19. The van der Waals surface area contributed by atoms with Crippen molar-refractivity contribution in [3.05, 3.63) is 18.0 Å². The van der Waals surface area contributed by atoms with Crippen LogP contribution in [0.1, 0.15) is 31.4 Å². The zero-order chi connectivity index (χ0) is 16.9. The van der Waals surface area contributed by atoms with Crippen LogP contribution in [0.3, 0.4) is 0 Å². The lowest BCUT2D eigenvalue weighted by Gasteiger charge is -2.27. The van der Waals surface area contributed by atoms with Gasteiger partial charge in [0.2, 0.25) is 0 Å². The molecule has 0 bridgehead atoms. The average Bonchev–Trinajstić information content (AvgIpc) is 3.12. The molecule has 1 aliphatic rings. The molecule has 0 aliphatic carbocycles. The van der Waals surface area contributed by atoms with Gasteiger partial charge in [0.25, 0.3) is 0 Å². The van der Waals surface area contributed by atoms with Gasteiger partial charge in [-0.2, -0.15) is 5.10 Å². The number of guanidine groups is 1. The van der Waals surface area contributed by atoms with Crippen LogP contribution in [0.15, 0.2) is 17.4 Å². The number of aryl methyl sites for hydroxylation is 1. The molecule has 2 N–H and O–H groups in total. The summed E-state index contributed by atoms with van der Waals surface area (Å²) in [4.78, 5) is 6.49. The van der Waals surface area contributed by atoms with E-state index in [2.05, 4.69) is 52.8 Å². The van der Waals surface area contributed by atoms with E-state index in [9.17, 15) is 0 Å². The summed E-state index contributed by atoms with van der Waals surface area (Å²) in [7, 11) is 7.88. The van der Waals surface area contributed by atoms with Crippen molar-refractivity contribution in [2.45, 2.75) is 31.4 Å². The first-order valence-electron chi connectivity index (χ1n) is 8.17. The molecule has 2 unspecified atom stereocenters. The molecule has 1 fully saturated rings. The number of ether oxygens (including phenoxy) is 1. The minimum absolute atomic E-state index is 0. The van der Waals surface area contributed by atoms with E-state index in [1.165, 1.54) is 5.56 Å². The predicted molar refractivity (Wildman–Crippen MR) is 108 cm³/mol. The van der Waals surface area contributed by atoms with Crippen molar-refractivity contribution in [1.82, 2.24) is 25.3 Å². The molecule has 0 saturated carbocycles. The molecule has 8 heteroatoms. The van der Waals surface area contributed by atoms with Crippen molar-refractivity contribution in [3.63, 3.8) is 0 Å². The van der Waals surface area contributed by atoms with E-state index >= 15 is 0 Å². The molecule has 1 aliphatic heterocycles. The monoisotopic (exact) mass is 450 g/mol. The van der Waals surface area contributed by atoms with E-state index in [0.717, 1.165) is 38.5 Å². The summed E-state index contributed by atoms with van der Waals surface area (Å²) >= 11 is 0. The van der Waals surface area contributed by atoms with Crippen LogP contribution in [0.2, 0.25) is 0 Å². The molecule has 138 valence electrons. The van der Waals surface area contributed by atoms with E-state index in [1.807, 2.05) is 17.9 Å². The van der Waals surface area contributed by atoms with Gasteiger partial charge in [0.1, 0.15) is 0 Å². The fraction of sp³-hybridized carbons (Fsp3) is 0.750. The number of nitrogens with zero attached hydrogens (tertiary/aromatic N) is 4. The second kappa shape index (κ2) is 9.57. The summed E-state index contributed by atoms with van der Waals surface area (Å²) in [6, 6.07) is 0.237. The number of hydrogen-bond donors (Lipinski definition) is 2. The number of aromatic nitrogens is 2. The van der Waals surface area contributed by atoms with E-state index in [0.29, 0.717) is 0 Å². The fourth-order valence-corrected chi connectivity index (χ4v) is 2.87. The molecule has 2 heterocycles. The van der Waals surface area contributed by atoms with Gasteiger partial charge in [-0.1, -0.05) is 0 Å². The van der Waals surface area contributed by atoms with Crippen molar-refractivity contribution >= 4 is 29.9 Å². The third-order valence-electron chi connectivity index (χ3n) is 4.35. The molecule has 7 nitrogen and oxygen atoms in total. The predicted octanol–water partition coefficient (Wildman–Crippen LogP) is 1.37. The molecular formula is C16H31IN6O. The number of likely N-dealkylation sites (N-methyl/N-ethyl adjacent to an activating group) is 1. The summed E-state index contributed by atoms with van der Waals surface area (Å²) < 4.78 is 7.64. The Morgan fingerprint density at radius 3 is 2.75 bits per heavy atom. The van der Waals surface area contributed by atoms with E-state index < -0.39 is 0 Å². The van der Waals surface area contributed by atoms with Crippen LogP contribution in [0.25, 0.3) is 0 Å². The summed E-state index contributed by atoms with van der Waals surface area (Å²) in [5.41, 5.74) is 1.11. The van der Waals surface area contributed by atoms with Crippen LogP contribution in [-0.2, 0) is 11.8 Å². The third kappa shape index (κ3) is 5.89. The van der Waals surface area contributed by atoms with Gasteiger partial charge in [0.05, 0.1) is 17.8 Å². The number of aliphatic imine (C=N–C) groups is 1. The second-order valence-electron chi connectivity index (χ2n) is 6.64. The van der Waals surface area contributed by atoms with Crippen LogP contribution >= 0.6 is 24.0 Å². The Labute approximate surface area is 162 Å². The van der Waals surface area contributed by atoms with Gasteiger partial charge < -0.3 is 20.3 Å². The molecule has 2 rings (SSSR count). The maximum atomic E-state index is 5.81. The van der Waals surface area contributed by atoms with Gasteiger partial charge in [0, 0.05) is 45.6 Å². The van der Waals surface area contributed by atoms with Gasteiger partial charge in [-0.25, -0.2) is 0 Å². The first-order chi connectivity index (χ1) is 10.9. The minimum atomic E-state index is -0.0814. The van der Waals surface area contributed by atoms with Crippen LogP contribution in [0.5, 0.6) is 0 Å². The first-order valence-corrected chi connectivity index (χ1v) is 8.17. The highest BCUT2D eigenvalue weighted by atomic mass is 127. The van der Waals surface area contributed by atoms with Crippen LogP contribution < -0.4 is 10.6 Å². The van der Waals surface area contributed by atoms with Gasteiger partial charge in [-0.3, -0.25) is 9.67 Å². The lowest BCUT2D eigenvalue weighted by atomic mass is 10.0. The highest BCUT2D eigenvalue weighted by Crippen LogP contribution is 2.23. The SMILES string of the molecule is CN=C(NCC(c1cnn(C)c1)N(C)C)NCC1(C)CCCO1.I. The molecule has 1 saturated heterocycles. The lowest BCUT2D eigenvalue weighted by molar-refractivity contribution is 0.0242. The highest BCUT2D eigenvalue weighted by Gasteiger charge is 2.29. The summed E-state index contributed by atoms with van der Waals surface area (Å²) in [5.74, 6) is 0.803. The van der Waals surface area contributed by atoms with E-state index in [1.54, 1.807) is 7.05 Å². The molecule has 0 spiro atoms. The average molecular weight is 450 g/mol. The molecule has 0 radical (unpaired) electrons. The summed E-state index contributed by atoms with van der Waals surface area (Å²) in [6.45, 7) is 4.54. The lowest BCUT2D eigenvalue weighted by Crippen LogP contribution is -2.47. The smallest absolute Gasteiger partial charge is 0.191 e. The van der Waals surface area contributed by atoms with Gasteiger partial charge in [0.15, 0.2) is 5.96 Å². The zero-order valence-corrected chi connectivity index (χ0v) is 17.7. The Morgan fingerprint density at radius 2 is 2.25 bits per heavy atom. The van der Waals surface area contributed by atoms with Crippen LogP contribution in [0.4, 0.5) is 0 Å². The maximum absolute atomic E-state index is 5.81. The second-order valence-corrected chi connectivity index (χ2v) is 6.64. The first kappa shape index (κ1) is 21.2. The molecule has 24 heavy (non-hydrogen) atoms. The zero-order valence-electron chi connectivity index (χ0n) is 15.4. The maximum Gasteiger partial charge on any atom is 0.191 e. The molecule has 1 aromatic rings. The van der Waals surface area contributed by atoms with Gasteiger partial charge in [-0.15, -0.1) is 24.0 Å². The number of nitrogens with one attached hydrogen (secondary N) is 2. The van der Waals surface area contributed by atoms with Crippen LogP contribution in [0, 0.1) is 0 Å². The Balaban J connectivity index is 0.00000288. The summed E-state index contributed by atoms with van der Waals surface area (Å²) in [5, 5.41) is 11.0. The topological polar surface area (TPSA) is 66.7 Å². The van der Waals surface area contributed by atoms with Gasteiger partial charge in [-0.05, 0) is 33.9 Å². The Kier molecular flexibility index (Phi) is 8.44. The van der Waals surface area contributed by atoms with Crippen LogP contribution in [-0.4, -0.2) is 67.1 Å². The number of halogens is 1. The van der Waals surface area contributed by atoms with Crippen molar-refractivity contribution in [3.8, 4) is 0 Å². The van der Waals surface area contributed by atoms with Crippen molar-refractivity contribution in [2.24, 2.45) is 12.0 Å². The third-order valence-corrected chi connectivity index (χ3v) is 4.35. The largest absolute Gasteiger partial charge is 0.373 e. The molecule has 1 aromatic heterocycles. The van der Waals surface area contributed by atoms with E-state index in [-0.39, 0.29) is 35.6 Å². The quantitative estimate of drug-likeness (QED) is 0.390. The fourth-order valence-electron chi connectivity index (χ4n) is 2.87.